The molecule has 5 nitrogen and oxygen atoms in total. The molecule has 90 valence electrons. The summed E-state index contributed by atoms with van der Waals surface area (Å²) < 4.78 is 5.35. The summed E-state index contributed by atoms with van der Waals surface area (Å²) in [5.74, 6) is 1.50. The number of aromatic amines is 1. The SMILES string of the molecule is COc1ccccc1-c1[nH]nc2nc(C)ncc12. The molecular formula is C13H12N4O. The van der Waals surface area contributed by atoms with Gasteiger partial charge in [0.15, 0.2) is 5.65 Å². The lowest BCUT2D eigenvalue weighted by atomic mass is 10.1. The number of hydrogen-bond acceptors (Lipinski definition) is 4. The number of fused-ring (bicyclic) bond motifs is 1. The van der Waals surface area contributed by atoms with E-state index in [1.54, 1.807) is 13.3 Å². The van der Waals surface area contributed by atoms with Gasteiger partial charge in [0.2, 0.25) is 0 Å². The average Bonchev–Trinajstić information content (AvgIpc) is 2.81. The summed E-state index contributed by atoms with van der Waals surface area (Å²) in [6.45, 7) is 1.84. The monoisotopic (exact) mass is 240 g/mol. The van der Waals surface area contributed by atoms with Crippen LogP contribution in [0.25, 0.3) is 22.3 Å². The van der Waals surface area contributed by atoms with Crippen LogP contribution in [-0.4, -0.2) is 27.3 Å². The topological polar surface area (TPSA) is 63.7 Å². The number of methoxy groups -OCH3 is 1. The largest absolute Gasteiger partial charge is 0.496 e. The van der Waals surface area contributed by atoms with Crippen LogP contribution in [0.5, 0.6) is 5.75 Å². The molecule has 0 fully saturated rings. The number of para-hydroxylation sites is 1. The summed E-state index contributed by atoms with van der Waals surface area (Å²) in [7, 11) is 1.65. The zero-order valence-corrected chi connectivity index (χ0v) is 10.1. The quantitative estimate of drug-likeness (QED) is 0.746. The fraction of sp³-hybridized carbons (Fsp3) is 0.154. The van der Waals surface area contributed by atoms with Gasteiger partial charge in [-0.15, -0.1) is 0 Å². The van der Waals surface area contributed by atoms with Crippen molar-refractivity contribution in [1.29, 1.82) is 0 Å². The smallest absolute Gasteiger partial charge is 0.184 e. The zero-order valence-electron chi connectivity index (χ0n) is 10.1. The van der Waals surface area contributed by atoms with Gasteiger partial charge in [0, 0.05) is 11.8 Å². The van der Waals surface area contributed by atoms with Crippen LogP contribution in [0.2, 0.25) is 0 Å². The van der Waals surface area contributed by atoms with Crippen molar-refractivity contribution < 1.29 is 4.74 Å². The highest BCUT2D eigenvalue weighted by molar-refractivity contribution is 5.91. The lowest BCUT2D eigenvalue weighted by Crippen LogP contribution is -1.89. The van der Waals surface area contributed by atoms with Crippen LogP contribution < -0.4 is 4.74 Å². The number of H-pyrrole nitrogens is 1. The second-order valence-corrected chi connectivity index (χ2v) is 3.95. The van der Waals surface area contributed by atoms with E-state index in [-0.39, 0.29) is 0 Å². The first-order valence-corrected chi connectivity index (χ1v) is 5.60. The second-order valence-electron chi connectivity index (χ2n) is 3.95. The van der Waals surface area contributed by atoms with Gasteiger partial charge >= 0.3 is 0 Å². The standard InChI is InChI=1S/C13H12N4O/c1-8-14-7-10-12(16-17-13(10)15-8)9-5-3-4-6-11(9)18-2/h3-7H,1-2H3,(H,14,15,16,17). The Morgan fingerprint density at radius 3 is 2.89 bits per heavy atom. The number of aromatic nitrogens is 4. The van der Waals surface area contributed by atoms with E-state index in [1.165, 1.54) is 0 Å². The van der Waals surface area contributed by atoms with Crippen LogP contribution in [-0.2, 0) is 0 Å². The maximum atomic E-state index is 5.35. The Bertz CT molecular complexity index is 705. The van der Waals surface area contributed by atoms with E-state index in [4.69, 9.17) is 4.74 Å². The second kappa shape index (κ2) is 4.10. The normalized spacial score (nSPS) is 10.8. The molecule has 0 atom stereocenters. The first kappa shape index (κ1) is 10.7. The van der Waals surface area contributed by atoms with Crippen molar-refractivity contribution in [3.05, 3.63) is 36.3 Å². The molecule has 0 amide bonds. The molecule has 1 N–H and O–H groups in total. The molecular weight excluding hydrogens is 228 g/mol. The number of rotatable bonds is 2. The minimum Gasteiger partial charge on any atom is -0.496 e. The van der Waals surface area contributed by atoms with E-state index >= 15 is 0 Å². The molecule has 0 bridgehead atoms. The van der Waals surface area contributed by atoms with Gasteiger partial charge in [-0.3, -0.25) is 5.10 Å². The van der Waals surface area contributed by atoms with Crippen molar-refractivity contribution in [2.45, 2.75) is 6.92 Å². The van der Waals surface area contributed by atoms with E-state index in [1.807, 2.05) is 31.2 Å². The molecule has 0 aliphatic carbocycles. The number of nitrogens with one attached hydrogen (secondary N) is 1. The van der Waals surface area contributed by atoms with Gasteiger partial charge in [0.05, 0.1) is 18.2 Å². The number of benzene rings is 1. The Hall–Kier alpha value is -2.43. The van der Waals surface area contributed by atoms with Gasteiger partial charge in [-0.05, 0) is 19.1 Å². The first-order chi connectivity index (χ1) is 8.79. The van der Waals surface area contributed by atoms with Crippen LogP contribution in [0.3, 0.4) is 0 Å². The van der Waals surface area contributed by atoms with Crippen LogP contribution in [0.15, 0.2) is 30.5 Å². The number of nitrogens with zero attached hydrogens (tertiary/aromatic N) is 3. The zero-order chi connectivity index (χ0) is 12.5. The average molecular weight is 240 g/mol. The van der Waals surface area contributed by atoms with Gasteiger partial charge < -0.3 is 4.74 Å². The van der Waals surface area contributed by atoms with Crippen molar-refractivity contribution >= 4 is 11.0 Å². The van der Waals surface area contributed by atoms with Gasteiger partial charge in [-0.1, -0.05) is 12.1 Å². The summed E-state index contributed by atoms with van der Waals surface area (Å²) in [5.41, 5.74) is 2.50. The van der Waals surface area contributed by atoms with Gasteiger partial charge in [-0.2, -0.15) is 5.10 Å². The van der Waals surface area contributed by atoms with Gasteiger partial charge in [0.1, 0.15) is 11.6 Å². The molecule has 3 aromatic rings. The van der Waals surface area contributed by atoms with Crippen LogP contribution in [0.4, 0.5) is 0 Å². The molecule has 0 saturated carbocycles. The molecule has 1 aromatic carbocycles. The summed E-state index contributed by atoms with van der Waals surface area (Å²) in [6, 6.07) is 7.78. The van der Waals surface area contributed by atoms with Crippen LogP contribution in [0.1, 0.15) is 5.82 Å². The third kappa shape index (κ3) is 1.60. The maximum absolute atomic E-state index is 5.35. The fourth-order valence-corrected chi connectivity index (χ4v) is 1.95. The number of ether oxygens (including phenoxy) is 1. The predicted octanol–water partition coefficient (Wildman–Crippen LogP) is 2.34. The lowest BCUT2D eigenvalue weighted by Gasteiger charge is -2.06. The molecule has 0 spiro atoms. The summed E-state index contributed by atoms with van der Waals surface area (Å²) in [6.07, 6.45) is 1.78. The first-order valence-electron chi connectivity index (χ1n) is 5.60. The summed E-state index contributed by atoms with van der Waals surface area (Å²) in [4.78, 5) is 8.49. The van der Waals surface area contributed by atoms with E-state index in [0.29, 0.717) is 11.5 Å². The van der Waals surface area contributed by atoms with Gasteiger partial charge in [0.25, 0.3) is 0 Å². The lowest BCUT2D eigenvalue weighted by molar-refractivity contribution is 0.416. The molecule has 0 unspecified atom stereocenters. The minimum atomic E-state index is 0.670. The third-order valence-corrected chi connectivity index (χ3v) is 2.81. The summed E-state index contributed by atoms with van der Waals surface area (Å²) in [5, 5.41) is 8.09. The third-order valence-electron chi connectivity index (χ3n) is 2.81. The molecule has 2 aromatic heterocycles. The van der Waals surface area contributed by atoms with Crippen molar-refractivity contribution in [2.24, 2.45) is 0 Å². The minimum absolute atomic E-state index is 0.670. The Kier molecular flexibility index (Phi) is 2.44. The molecule has 0 saturated heterocycles. The van der Waals surface area contributed by atoms with Crippen LogP contribution >= 0.6 is 0 Å². The Balaban J connectivity index is 2.26. The predicted molar refractivity (Wildman–Crippen MR) is 68.4 cm³/mol. The summed E-state index contributed by atoms with van der Waals surface area (Å²) >= 11 is 0. The van der Waals surface area contributed by atoms with E-state index in [0.717, 1.165) is 22.4 Å². The molecule has 5 heteroatoms. The Morgan fingerprint density at radius 1 is 1.22 bits per heavy atom. The molecule has 0 radical (unpaired) electrons. The van der Waals surface area contributed by atoms with E-state index in [2.05, 4.69) is 20.2 Å². The Labute approximate surface area is 104 Å². The van der Waals surface area contributed by atoms with Crippen molar-refractivity contribution in [1.82, 2.24) is 20.2 Å². The van der Waals surface area contributed by atoms with Crippen molar-refractivity contribution in [3.8, 4) is 17.0 Å². The maximum Gasteiger partial charge on any atom is 0.184 e. The molecule has 3 rings (SSSR count). The fourth-order valence-electron chi connectivity index (χ4n) is 1.95. The highest BCUT2D eigenvalue weighted by Crippen LogP contribution is 2.32. The molecule has 0 aliphatic rings. The highest BCUT2D eigenvalue weighted by atomic mass is 16.5. The van der Waals surface area contributed by atoms with E-state index in [9.17, 15) is 0 Å². The molecule has 2 heterocycles. The number of hydrogen-bond donors (Lipinski definition) is 1. The van der Waals surface area contributed by atoms with Crippen molar-refractivity contribution in [2.75, 3.05) is 7.11 Å². The van der Waals surface area contributed by atoms with E-state index < -0.39 is 0 Å². The molecule has 18 heavy (non-hydrogen) atoms. The van der Waals surface area contributed by atoms with Crippen LogP contribution in [0, 0.1) is 6.92 Å². The molecule has 0 aliphatic heterocycles. The van der Waals surface area contributed by atoms with Crippen molar-refractivity contribution in [3.63, 3.8) is 0 Å². The highest BCUT2D eigenvalue weighted by Gasteiger charge is 2.12. The number of aryl methyl sites for hydroxylation is 1. The Morgan fingerprint density at radius 2 is 2.06 bits per heavy atom. The van der Waals surface area contributed by atoms with Gasteiger partial charge in [-0.25, -0.2) is 9.97 Å².